The molecule has 0 aliphatic rings. The first-order valence-electron chi connectivity index (χ1n) is 10.7. The van der Waals surface area contributed by atoms with Crippen LogP contribution in [0.1, 0.15) is 0 Å². The fourth-order valence-corrected chi connectivity index (χ4v) is 4.67. The third-order valence-electron chi connectivity index (χ3n) is 4.37. The molecule has 35 heavy (non-hydrogen) atoms. The van der Waals surface area contributed by atoms with Gasteiger partial charge in [0.25, 0.3) is 0 Å². The van der Waals surface area contributed by atoms with E-state index in [0.717, 1.165) is 21.3 Å². The number of thioether (sulfide) groups is 2. The minimum atomic E-state index is -0.450. The number of nitrogens with zero attached hydrogens (tertiary/aromatic N) is 1. The molecule has 0 bridgehead atoms. The van der Waals surface area contributed by atoms with Crippen LogP contribution in [0.15, 0.2) is 58.3 Å². The summed E-state index contributed by atoms with van der Waals surface area (Å²) < 4.78 is 19.8. The van der Waals surface area contributed by atoms with Crippen LogP contribution in [0.25, 0.3) is 0 Å². The summed E-state index contributed by atoms with van der Waals surface area (Å²) in [6, 6.07) is 14.5. The van der Waals surface area contributed by atoms with E-state index in [0.29, 0.717) is 24.6 Å². The molecule has 2 aromatic rings. The molecule has 0 aliphatic heterocycles. The molecule has 0 heterocycles. The molecule has 0 aromatic heterocycles. The van der Waals surface area contributed by atoms with Crippen molar-refractivity contribution in [2.24, 2.45) is 5.73 Å². The molecule has 0 spiro atoms. The lowest BCUT2D eigenvalue weighted by atomic mass is 10.3. The second-order valence-corrected chi connectivity index (χ2v) is 9.53. The molecule has 2 N–H and O–H groups in total. The Bertz CT molecular complexity index is 870. The minimum absolute atomic E-state index is 0.0971. The minimum Gasteiger partial charge on any atom is -0.425 e. The van der Waals surface area contributed by atoms with E-state index in [1.807, 2.05) is 29.2 Å². The van der Waals surface area contributed by atoms with E-state index in [9.17, 15) is 14.4 Å². The average Bonchev–Trinajstić information content (AvgIpc) is 2.81. The molecule has 190 valence electrons. The van der Waals surface area contributed by atoms with Gasteiger partial charge >= 0.3 is 11.9 Å². The standard InChI is InChI=1S/C24H30N2O7S2/c1-30-16-23(28)32-18-3-7-20(8-4-18)34-13-11-26(15-22(25)27)12-14-35-21-9-5-19(6-10-21)33-24(29)17-31-2/h3-10H,11-17H2,1-2H3,(H2,25,27). The molecular formula is C24H30N2O7S2. The zero-order chi connectivity index (χ0) is 25.5. The summed E-state index contributed by atoms with van der Waals surface area (Å²) in [6.45, 7) is 1.37. The molecular weight excluding hydrogens is 492 g/mol. The highest BCUT2D eigenvalue weighted by molar-refractivity contribution is 7.99. The smallest absolute Gasteiger partial charge is 0.337 e. The summed E-state index contributed by atoms with van der Waals surface area (Å²) in [5, 5.41) is 0. The van der Waals surface area contributed by atoms with Crippen molar-refractivity contribution in [3.63, 3.8) is 0 Å². The molecule has 1 amide bonds. The molecule has 0 atom stereocenters. The Labute approximate surface area is 213 Å². The fourth-order valence-electron chi connectivity index (χ4n) is 2.84. The monoisotopic (exact) mass is 522 g/mol. The van der Waals surface area contributed by atoms with Crippen LogP contribution in [-0.2, 0) is 23.9 Å². The molecule has 0 aliphatic carbocycles. The second-order valence-electron chi connectivity index (χ2n) is 7.20. The van der Waals surface area contributed by atoms with Crippen molar-refractivity contribution < 1.29 is 33.3 Å². The number of carbonyl (C=O) groups is 3. The van der Waals surface area contributed by atoms with Crippen molar-refractivity contribution in [3.05, 3.63) is 48.5 Å². The molecule has 0 radical (unpaired) electrons. The van der Waals surface area contributed by atoms with Gasteiger partial charge in [-0.05, 0) is 48.5 Å². The van der Waals surface area contributed by atoms with E-state index in [4.69, 9.17) is 24.7 Å². The quantitative estimate of drug-likeness (QED) is 0.200. The molecule has 0 fully saturated rings. The van der Waals surface area contributed by atoms with Gasteiger partial charge in [-0.15, -0.1) is 23.5 Å². The summed E-state index contributed by atoms with van der Waals surface area (Å²) >= 11 is 3.27. The normalized spacial score (nSPS) is 10.8. The van der Waals surface area contributed by atoms with Crippen LogP contribution >= 0.6 is 23.5 Å². The zero-order valence-electron chi connectivity index (χ0n) is 19.8. The zero-order valence-corrected chi connectivity index (χ0v) is 21.4. The van der Waals surface area contributed by atoms with Crippen LogP contribution in [0.2, 0.25) is 0 Å². The van der Waals surface area contributed by atoms with Gasteiger partial charge in [0.2, 0.25) is 5.91 Å². The van der Waals surface area contributed by atoms with E-state index in [-0.39, 0.29) is 25.7 Å². The molecule has 0 unspecified atom stereocenters. The third kappa shape index (κ3) is 12.1. The number of nitrogens with two attached hydrogens (primary N) is 1. The van der Waals surface area contributed by atoms with E-state index < -0.39 is 11.9 Å². The second kappa shape index (κ2) is 16.2. The van der Waals surface area contributed by atoms with Crippen LogP contribution in [0.4, 0.5) is 0 Å². The largest absolute Gasteiger partial charge is 0.425 e. The van der Waals surface area contributed by atoms with Gasteiger partial charge in [-0.25, -0.2) is 9.59 Å². The lowest BCUT2D eigenvalue weighted by molar-refractivity contribution is -0.139. The summed E-state index contributed by atoms with van der Waals surface area (Å²) in [4.78, 5) is 38.5. The molecule has 0 saturated carbocycles. The summed E-state index contributed by atoms with van der Waals surface area (Å²) in [7, 11) is 2.87. The highest BCUT2D eigenvalue weighted by atomic mass is 32.2. The number of ether oxygens (including phenoxy) is 4. The van der Waals surface area contributed by atoms with Crippen LogP contribution in [0, 0.1) is 0 Å². The van der Waals surface area contributed by atoms with Gasteiger partial charge in [0, 0.05) is 48.6 Å². The number of hydrogen-bond acceptors (Lipinski definition) is 10. The van der Waals surface area contributed by atoms with Gasteiger partial charge in [0.1, 0.15) is 24.7 Å². The predicted molar refractivity (Wildman–Crippen MR) is 135 cm³/mol. The van der Waals surface area contributed by atoms with Crippen molar-refractivity contribution in [2.45, 2.75) is 9.79 Å². The van der Waals surface area contributed by atoms with Crippen molar-refractivity contribution in [2.75, 3.05) is 58.6 Å². The maximum Gasteiger partial charge on any atom is 0.337 e. The number of carbonyl (C=O) groups excluding carboxylic acids is 3. The topological polar surface area (TPSA) is 117 Å². The molecule has 2 aromatic carbocycles. The summed E-state index contributed by atoms with van der Waals surface area (Å²) in [5.41, 5.74) is 5.42. The Morgan fingerprint density at radius 3 is 1.49 bits per heavy atom. The van der Waals surface area contributed by atoms with Crippen LogP contribution in [-0.4, -0.2) is 81.3 Å². The highest BCUT2D eigenvalue weighted by Crippen LogP contribution is 2.23. The van der Waals surface area contributed by atoms with Gasteiger partial charge < -0.3 is 24.7 Å². The third-order valence-corrected chi connectivity index (χ3v) is 6.35. The average molecular weight is 523 g/mol. The first-order valence-corrected chi connectivity index (χ1v) is 12.7. The lowest BCUT2D eigenvalue weighted by Gasteiger charge is -2.20. The van der Waals surface area contributed by atoms with Gasteiger partial charge in [-0.1, -0.05) is 0 Å². The van der Waals surface area contributed by atoms with Gasteiger partial charge in [0.05, 0.1) is 6.54 Å². The SMILES string of the molecule is COCC(=O)Oc1ccc(SCCN(CCSc2ccc(OC(=O)COC)cc2)CC(N)=O)cc1. The summed E-state index contributed by atoms with van der Waals surface area (Å²) in [6.07, 6.45) is 0. The van der Waals surface area contributed by atoms with Gasteiger partial charge in [-0.2, -0.15) is 0 Å². The fraction of sp³-hybridized carbons (Fsp3) is 0.375. The van der Waals surface area contributed by atoms with E-state index in [1.54, 1.807) is 47.8 Å². The van der Waals surface area contributed by atoms with Crippen molar-refractivity contribution >= 4 is 41.4 Å². The van der Waals surface area contributed by atoms with E-state index in [1.165, 1.54) is 14.2 Å². The number of primary amides is 1. The maximum atomic E-state index is 11.5. The maximum absolute atomic E-state index is 11.5. The molecule has 2 rings (SSSR count). The molecule has 0 saturated heterocycles. The highest BCUT2D eigenvalue weighted by Gasteiger charge is 2.10. The van der Waals surface area contributed by atoms with Gasteiger partial charge in [0.15, 0.2) is 0 Å². The Kier molecular flexibility index (Phi) is 13.2. The number of hydrogen-bond donors (Lipinski definition) is 1. The van der Waals surface area contributed by atoms with Crippen molar-refractivity contribution in [1.82, 2.24) is 4.90 Å². The van der Waals surface area contributed by atoms with Crippen LogP contribution < -0.4 is 15.2 Å². The first-order chi connectivity index (χ1) is 16.9. The van der Waals surface area contributed by atoms with E-state index >= 15 is 0 Å². The predicted octanol–water partition coefficient (Wildman–Crippen LogP) is 2.46. The Balaban J connectivity index is 1.76. The molecule has 11 heteroatoms. The molecule has 9 nitrogen and oxygen atoms in total. The van der Waals surface area contributed by atoms with Crippen LogP contribution in [0.5, 0.6) is 11.5 Å². The Morgan fingerprint density at radius 2 is 1.14 bits per heavy atom. The Hall–Kier alpha value is -2.57. The lowest BCUT2D eigenvalue weighted by Crippen LogP contribution is -2.36. The van der Waals surface area contributed by atoms with Crippen LogP contribution in [0.3, 0.4) is 0 Å². The number of esters is 2. The van der Waals surface area contributed by atoms with Gasteiger partial charge in [-0.3, -0.25) is 9.69 Å². The first kappa shape index (κ1) is 28.7. The summed E-state index contributed by atoms with van der Waals surface area (Å²) in [5.74, 6) is 1.19. The number of amides is 1. The van der Waals surface area contributed by atoms with E-state index in [2.05, 4.69) is 0 Å². The van der Waals surface area contributed by atoms with Crippen molar-refractivity contribution in [3.8, 4) is 11.5 Å². The Morgan fingerprint density at radius 1 is 0.743 bits per heavy atom. The number of benzene rings is 2. The number of rotatable bonds is 16. The number of methoxy groups -OCH3 is 2. The van der Waals surface area contributed by atoms with Crippen molar-refractivity contribution in [1.29, 1.82) is 0 Å².